The van der Waals surface area contributed by atoms with E-state index in [0.29, 0.717) is 30.9 Å². The van der Waals surface area contributed by atoms with Crippen LogP contribution in [-0.4, -0.2) is 30.9 Å². The molecule has 0 amide bonds. The Labute approximate surface area is 124 Å². The van der Waals surface area contributed by atoms with Crippen molar-refractivity contribution < 1.29 is 8.42 Å². The van der Waals surface area contributed by atoms with Gasteiger partial charge in [0.25, 0.3) is 0 Å². The zero-order chi connectivity index (χ0) is 13.2. The predicted octanol–water partition coefficient (Wildman–Crippen LogP) is 2.27. The van der Waals surface area contributed by atoms with Crippen LogP contribution in [0.15, 0.2) is 21.2 Å². The van der Waals surface area contributed by atoms with E-state index in [-0.39, 0.29) is 6.04 Å². The van der Waals surface area contributed by atoms with E-state index in [2.05, 4.69) is 42.2 Å². The first-order valence-electron chi connectivity index (χ1n) is 5.70. The Bertz CT molecular complexity index is 520. The topological polar surface area (TPSA) is 59.1 Å². The molecule has 0 bridgehead atoms. The van der Waals surface area contributed by atoms with Crippen molar-refractivity contribution in [1.29, 1.82) is 0 Å². The third kappa shape index (κ3) is 4.01. The van der Waals surface area contributed by atoms with E-state index in [1.807, 2.05) is 6.07 Å². The second-order valence-corrected chi connectivity index (χ2v) is 8.46. The van der Waals surface area contributed by atoms with Crippen LogP contribution in [0.25, 0.3) is 0 Å². The van der Waals surface area contributed by atoms with E-state index < -0.39 is 9.84 Å². The Hall–Kier alpha value is 0.0200. The van der Waals surface area contributed by atoms with Crippen LogP contribution in [0.4, 0.5) is 0 Å². The van der Waals surface area contributed by atoms with Crippen LogP contribution < -0.4 is 5.32 Å². The molecule has 0 spiro atoms. The SMILES string of the molecule is O=S1(=O)CCC(NCc2ncc(Br)cc2Br)CC1. The standard InChI is InChI=1S/C11H14Br2N2O2S/c12-8-5-10(13)11(15-6-8)7-14-9-1-3-18(16,17)4-2-9/h5-6,9,14H,1-4,7H2. The molecule has 0 saturated carbocycles. The van der Waals surface area contributed by atoms with Crippen molar-refractivity contribution in [1.82, 2.24) is 10.3 Å². The summed E-state index contributed by atoms with van der Waals surface area (Å²) >= 11 is 6.82. The highest BCUT2D eigenvalue weighted by Crippen LogP contribution is 2.20. The Kier molecular flexibility index (Phi) is 4.80. The molecule has 18 heavy (non-hydrogen) atoms. The van der Waals surface area contributed by atoms with Gasteiger partial charge in [0.15, 0.2) is 0 Å². The average molecular weight is 398 g/mol. The minimum absolute atomic E-state index is 0.269. The van der Waals surface area contributed by atoms with Crippen LogP contribution in [0.5, 0.6) is 0 Å². The maximum absolute atomic E-state index is 11.3. The molecule has 2 rings (SSSR count). The number of aromatic nitrogens is 1. The maximum atomic E-state index is 11.3. The van der Waals surface area contributed by atoms with Crippen molar-refractivity contribution in [3.63, 3.8) is 0 Å². The van der Waals surface area contributed by atoms with Crippen LogP contribution in [0.2, 0.25) is 0 Å². The molecule has 1 aliphatic heterocycles. The van der Waals surface area contributed by atoms with Gasteiger partial charge in [-0.05, 0) is 50.8 Å². The first-order valence-corrected chi connectivity index (χ1v) is 9.11. The molecule has 1 saturated heterocycles. The van der Waals surface area contributed by atoms with E-state index in [1.165, 1.54) is 0 Å². The largest absolute Gasteiger partial charge is 0.308 e. The lowest BCUT2D eigenvalue weighted by Gasteiger charge is -2.23. The molecule has 100 valence electrons. The molecule has 1 aliphatic rings. The molecule has 1 fully saturated rings. The number of hydrogen-bond acceptors (Lipinski definition) is 4. The summed E-state index contributed by atoms with van der Waals surface area (Å²) in [5.41, 5.74) is 0.937. The van der Waals surface area contributed by atoms with Gasteiger partial charge < -0.3 is 5.32 Å². The Morgan fingerprint density at radius 3 is 2.61 bits per heavy atom. The number of nitrogens with one attached hydrogen (secondary N) is 1. The average Bonchev–Trinajstić information content (AvgIpc) is 2.29. The summed E-state index contributed by atoms with van der Waals surface area (Å²) in [6.07, 6.45) is 3.14. The zero-order valence-corrected chi connectivity index (χ0v) is 13.7. The minimum Gasteiger partial charge on any atom is -0.308 e. The molecule has 4 nitrogen and oxygen atoms in total. The minimum atomic E-state index is -2.78. The van der Waals surface area contributed by atoms with Crippen LogP contribution in [0.3, 0.4) is 0 Å². The fraction of sp³-hybridized carbons (Fsp3) is 0.545. The lowest BCUT2D eigenvalue weighted by Crippen LogP contribution is -2.37. The van der Waals surface area contributed by atoms with Gasteiger partial charge in [-0.25, -0.2) is 8.42 Å². The van der Waals surface area contributed by atoms with Crippen molar-refractivity contribution >= 4 is 41.7 Å². The first kappa shape index (κ1) is 14.4. The van der Waals surface area contributed by atoms with Gasteiger partial charge in [-0.3, -0.25) is 4.98 Å². The lowest BCUT2D eigenvalue weighted by molar-refractivity contribution is 0.460. The quantitative estimate of drug-likeness (QED) is 0.849. The fourth-order valence-electron chi connectivity index (χ4n) is 1.91. The molecule has 0 unspecified atom stereocenters. The predicted molar refractivity (Wildman–Crippen MR) is 78.2 cm³/mol. The number of halogens is 2. The van der Waals surface area contributed by atoms with Gasteiger partial charge in [0.1, 0.15) is 9.84 Å². The summed E-state index contributed by atoms with van der Waals surface area (Å²) in [5.74, 6) is 0.583. The number of sulfone groups is 1. The third-order valence-electron chi connectivity index (χ3n) is 3.00. The fourth-order valence-corrected chi connectivity index (χ4v) is 4.53. The molecule has 1 aromatic heterocycles. The molecule has 1 aromatic rings. The number of nitrogens with zero attached hydrogens (tertiary/aromatic N) is 1. The summed E-state index contributed by atoms with van der Waals surface area (Å²) in [7, 11) is -2.78. The van der Waals surface area contributed by atoms with Crippen molar-refractivity contribution in [2.75, 3.05) is 11.5 Å². The third-order valence-corrected chi connectivity index (χ3v) is 5.83. The molecular weight excluding hydrogens is 384 g/mol. The second-order valence-electron chi connectivity index (χ2n) is 4.39. The van der Waals surface area contributed by atoms with Gasteiger partial charge in [-0.2, -0.15) is 0 Å². The zero-order valence-electron chi connectivity index (χ0n) is 9.70. The molecule has 7 heteroatoms. The van der Waals surface area contributed by atoms with Crippen molar-refractivity contribution in [2.24, 2.45) is 0 Å². The van der Waals surface area contributed by atoms with Crippen molar-refractivity contribution in [3.05, 3.63) is 26.9 Å². The number of rotatable bonds is 3. The van der Waals surface area contributed by atoms with Gasteiger partial charge in [0.05, 0.1) is 17.2 Å². The Morgan fingerprint density at radius 2 is 2.00 bits per heavy atom. The first-order chi connectivity index (χ1) is 8.46. The highest BCUT2D eigenvalue weighted by Gasteiger charge is 2.23. The van der Waals surface area contributed by atoms with Crippen molar-refractivity contribution in [2.45, 2.75) is 25.4 Å². The van der Waals surface area contributed by atoms with E-state index in [1.54, 1.807) is 6.20 Å². The summed E-state index contributed by atoms with van der Waals surface area (Å²) in [4.78, 5) is 4.32. The van der Waals surface area contributed by atoms with E-state index in [0.717, 1.165) is 14.6 Å². The second kappa shape index (κ2) is 5.98. The van der Waals surface area contributed by atoms with Gasteiger partial charge in [0.2, 0.25) is 0 Å². The summed E-state index contributed by atoms with van der Waals surface area (Å²) in [5, 5.41) is 3.36. The van der Waals surface area contributed by atoms with E-state index in [4.69, 9.17) is 0 Å². The van der Waals surface area contributed by atoms with Gasteiger partial charge in [0, 0.05) is 27.7 Å². The monoisotopic (exact) mass is 396 g/mol. The summed E-state index contributed by atoms with van der Waals surface area (Å²) in [6, 6.07) is 2.22. The van der Waals surface area contributed by atoms with E-state index >= 15 is 0 Å². The summed E-state index contributed by atoms with van der Waals surface area (Å²) < 4.78 is 24.5. The van der Waals surface area contributed by atoms with Crippen LogP contribution >= 0.6 is 31.9 Å². The maximum Gasteiger partial charge on any atom is 0.150 e. The molecule has 0 atom stereocenters. The smallest absolute Gasteiger partial charge is 0.150 e. The van der Waals surface area contributed by atoms with Gasteiger partial charge in [-0.1, -0.05) is 0 Å². The Balaban J connectivity index is 1.89. The molecule has 0 aliphatic carbocycles. The number of pyridine rings is 1. The van der Waals surface area contributed by atoms with Crippen LogP contribution in [0.1, 0.15) is 18.5 Å². The van der Waals surface area contributed by atoms with E-state index in [9.17, 15) is 8.42 Å². The highest BCUT2D eigenvalue weighted by molar-refractivity contribution is 9.11. The highest BCUT2D eigenvalue weighted by atomic mass is 79.9. The molecule has 0 radical (unpaired) electrons. The Morgan fingerprint density at radius 1 is 1.33 bits per heavy atom. The summed E-state index contributed by atoms with van der Waals surface area (Å²) in [6.45, 7) is 0.651. The van der Waals surface area contributed by atoms with Gasteiger partial charge >= 0.3 is 0 Å². The van der Waals surface area contributed by atoms with Crippen molar-refractivity contribution in [3.8, 4) is 0 Å². The van der Waals surface area contributed by atoms with Gasteiger partial charge in [-0.15, -0.1) is 0 Å². The molecular formula is C11H14Br2N2O2S. The molecule has 2 heterocycles. The normalized spacial score (nSPS) is 19.9. The van der Waals surface area contributed by atoms with Crippen LogP contribution in [0, 0.1) is 0 Å². The van der Waals surface area contributed by atoms with Crippen LogP contribution in [-0.2, 0) is 16.4 Å². The lowest BCUT2D eigenvalue weighted by atomic mass is 10.1. The number of hydrogen-bond donors (Lipinski definition) is 1. The molecule has 0 aromatic carbocycles. The molecule has 1 N–H and O–H groups in total.